The third-order valence-electron chi connectivity index (χ3n) is 4.85. The fourth-order valence-electron chi connectivity index (χ4n) is 3.35. The average molecular weight is 426 g/mol. The van der Waals surface area contributed by atoms with Gasteiger partial charge in [-0.3, -0.25) is 0 Å². The SMILES string of the molecule is COC(c1ccccc1)(c1ccccc1)C(OS(=O)(=O)c1ccc(C)cc1)C(=O)O. The van der Waals surface area contributed by atoms with Crippen LogP contribution in [-0.2, 0) is 29.4 Å². The fourth-order valence-corrected chi connectivity index (χ4v) is 4.41. The van der Waals surface area contributed by atoms with Gasteiger partial charge in [-0.05, 0) is 30.2 Å². The molecular weight excluding hydrogens is 404 g/mol. The van der Waals surface area contributed by atoms with Gasteiger partial charge in [-0.25, -0.2) is 8.98 Å². The maximum Gasteiger partial charge on any atom is 0.338 e. The summed E-state index contributed by atoms with van der Waals surface area (Å²) in [6, 6.07) is 23.1. The van der Waals surface area contributed by atoms with E-state index in [9.17, 15) is 18.3 Å². The number of carboxylic acid groups (broad SMARTS) is 1. The molecule has 0 aromatic heterocycles. The van der Waals surface area contributed by atoms with Crippen molar-refractivity contribution in [3.05, 3.63) is 102 Å². The van der Waals surface area contributed by atoms with Gasteiger partial charge < -0.3 is 9.84 Å². The Labute approximate surface area is 175 Å². The van der Waals surface area contributed by atoms with E-state index in [0.29, 0.717) is 11.1 Å². The van der Waals surface area contributed by atoms with E-state index in [1.165, 1.54) is 19.2 Å². The highest BCUT2D eigenvalue weighted by Gasteiger charge is 2.50. The standard InChI is InChI=1S/C23H22O6S/c1-17-13-15-20(16-14-17)30(26,27)29-21(22(24)25)23(28-2,18-9-5-3-6-10-18)19-11-7-4-8-12-19/h3-16,21H,1-2H3,(H,24,25). The normalized spacial score (nSPS) is 13.0. The first-order valence-corrected chi connectivity index (χ1v) is 10.6. The van der Waals surface area contributed by atoms with Crippen LogP contribution in [0.4, 0.5) is 0 Å². The van der Waals surface area contributed by atoms with Crippen LogP contribution >= 0.6 is 0 Å². The number of ether oxygens (including phenoxy) is 1. The second-order valence-electron chi connectivity index (χ2n) is 6.75. The molecule has 3 aromatic carbocycles. The Morgan fingerprint density at radius 3 is 1.73 bits per heavy atom. The van der Waals surface area contributed by atoms with Gasteiger partial charge in [0.1, 0.15) is 0 Å². The Morgan fingerprint density at radius 2 is 1.33 bits per heavy atom. The highest BCUT2D eigenvalue weighted by molar-refractivity contribution is 7.86. The highest BCUT2D eigenvalue weighted by Crippen LogP contribution is 2.39. The van der Waals surface area contributed by atoms with Crippen LogP contribution in [0.15, 0.2) is 89.8 Å². The molecular formula is C23H22O6S. The molecule has 0 fully saturated rings. The monoisotopic (exact) mass is 426 g/mol. The van der Waals surface area contributed by atoms with Gasteiger partial charge in [0.05, 0.1) is 4.90 Å². The van der Waals surface area contributed by atoms with Crippen molar-refractivity contribution in [3.8, 4) is 0 Å². The summed E-state index contributed by atoms with van der Waals surface area (Å²) in [6.45, 7) is 1.82. The molecule has 0 radical (unpaired) electrons. The van der Waals surface area contributed by atoms with Crippen LogP contribution < -0.4 is 0 Å². The largest absolute Gasteiger partial charge is 0.479 e. The van der Waals surface area contributed by atoms with Gasteiger partial charge in [0.25, 0.3) is 10.1 Å². The third-order valence-corrected chi connectivity index (χ3v) is 6.15. The molecule has 0 aliphatic carbocycles. The lowest BCUT2D eigenvalue weighted by Crippen LogP contribution is -2.49. The smallest absolute Gasteiger partial charge is 0.338 e. The summed E-state index contributed by atoms with van der Waals surface area (Å²) in [6.07, 6.45) is -1.88. The van der Waals surface area contributed by atoms with Crippen LogP contribution in [0, 0.1) is 6.92 Å². The zero-order chi connectivity index (χ0) is 21.8. The van der Waals surface area contributed by atoms with Gasteiger partial charge in [-0.1, -0.05) is 78.4 Å². The number of rotatable bonds is 8. The molecule has 1 N–H and O–H groups in total. The summed E-state index contributed by atoms with van der Waals surface area (Å²) in [5.74, 6) is -1.47. The molecule has 1 atom stereocenters. The molecule has 30 heavy (non-hydrogen) atoms. The molecule has 3 aromatic rings. The van der Waals surface area contributed by atoms with Crippen LogP contribution in [0.3, 0.4) is 0 Å². The lowest BCUT2D eigenvalue weighted by atomic mass is 9.81. The topological polar surface area (TPSA) is 89.9 Å². The van der Waals surface area contributed by atoms with E-state index in [0.717, 1.165) is 5.56 Å². The number of benzene rings is 3. The van der Waals surface area contributed by atoms with E-state index in [4.69, 9.17) is 8.92 Å². The number of aliphatic carboxylic acids is 1. The van der Waals surface area contributed by atoms with Crippen LogP contribution in [0.1, 0.15) is 16.7 Å². The Morgan fingerprint density at radius 1 is 0.867 bits per heavy atom. The van der Waals surface area contributed by atoms with Crippen LogP contribution in [-0.4, -0.2) is 32.7 Å². The molecule has 3 rings (SSSR count). The molecule has 0 aliphatic heterocycles. The van der Waals surface area contributed by atoms with Crippen LogP contribution in [0.2, 0.25) is 0 Å². The Balaban J connectivity index is 2.18. The van der Waals surface area contributed by atoms with E-state index >= 15 is 0 Å². The predicted molar refractivity (Wildman–Crippen MR) is 112 cm³/mol. The van der Waals surface area contributed by atoms with Gasteiger partial charge in [0, 0.05) is 7.11 Å². The minimum atomic E-state index is -4.39. The summed E-state index contributed by atoms with van der Waals surface area (Å²) in [5, 5.41) is 10.0. The minimum Gasteiger partial charge on any atom is -0.479 e. The Kier molecular flexibility index (Phi) is 6.36. The zero-order valence-electron chi connectivity index (χ0n) is 16.6. The number of carboxylic acids is 1. The number of hydrogen-bond acceptors (Lipinski definition) is 5. The van der Waals surface area contributed by atoms with Gasteiger partial charge in [0.2, 0.25) is 6.10 Å². The second-order valence-corrected chi connectivity index (χ2v) is 8.33. The second kappa shape index (κ2) is 8.79. The van der Waals surface area contributed by atoms with Crippen molar-refractivity contribution in [2.75, 3.05) is 7.11 Å². The van der Waals surface area contributed by atoms with Gasteiger partial charge >= 0.3 is 5.97 Å². The molecule has 0 heterocycles. The highest BCUT2D eigenvalue weighted by atomic mass is 32.2. The van der Waals surface area contributed by atoms with Crippen molar-refractivity contribution in [2.45, 2.75) is 23.5 Å². The van der Waals surface area contributed by atoms with E-state index in [1.54, 1.807) is 72.8 Å². The molecule has 0 bridgehead atoms. The van der Waals surface area contributed by atoms with E-state index in [1.807, 2.05) is 6.92 Å². The van der Waals surface area contributed by atoms with E-state index in [-0.39, 0.29) is 4.90 Å². The van der Waals surface area contributed by atoms with E-state index in [2.05, 4.69) is 0 Å². The van der Waals surface area contributed by atoms with Gasteiger partial charge in [-0.15, -0.1) is 0 Å². The molecule has 0 amide bonds. The first kappa shape index (κ1) is 21.7. The average Bonchev–Trinajstić information content (AvgIpc) is 2.75. The number of carbonyl (C=O) groups is 1. The van der Waals surface area contributed by atoms with Gasteiger partial charge in [0.15, 0.2) is 5.60 Å². The maximum absolute atomic E-state index is 12.9. The quantitative estimate of drug-likeness (QED) is 0.552. The lowest BCUT2D eigenvalue weighted by molar-refractivity contribution is -0.159. The predicted octanol–water partition coefficient (Wildman–Crippen LogP) is 3.74. The number of hydrogen-bond donors (Lipinski definition) is 1. The Bertz CT molecular complexity index is 1050. The van der Waals surface area contributed by atoms with Crippen molar-refractivity contribution >= 4 is 16.1 Å². The van der Waals surface area contributed by atoms with Crippen LogP contribution in [0.5, 0.6) is 0 Å². The van der Waals surface area contributed by atoms with Gasteiger partial charge in [-0.2, -0.15) is 8.42 Å². The molecule has 0 spiro atoms. The molecule has 7 heteroatoms. The van der Waals surface area contributed by atoms with Crippen molar-refractivity contribution < 1.29 is 27.2 Å². The van der Waals surface area contributed by atoms with Crippen molar-refractivity contribution in [1.82, 2.24) is 0 Å². The minimum absolute atomic E-state index is 0.134. The molecule has 0 aliphatic rings. The molecule has 6 nitrogen and oxygen atoms in total. The first-order valence-electron chi connectivity index (χ1n) is 9.20. The maximum atomic E-state index is 12.9. The lowest BCUT2D eigenvalue weighted by Gasteiger charge is -2.37. The summed E-state index contributed by atoms with van der Waals surface area (Å²) < 4.78 is 37.0. The number of aryl methyl sites for hydroxylation is 1. The van der Waals surface area contributed by atoms with Crippen molar-refractivity contribution in [3.63, 3.8) is 0 Å². The van der Waals surface area contributed by atoms with E-state index < -0.39 is 27.8 Å². The summed E-state index contributed by atoms with van der Waals surface area (Å²) in [5.41, 5.74) is 0.0607. The summed E-state index contributed by atoms with van der Waals surface area (Å²) >= 11 is 0. The summed E-state index contributed by atoms with van der Waals surface area (Å²) in [4.78, 5) is 12.2. The summed E-state index contributed by atoms with van der Waals surface area (Å²) in [7, 11) is -3.06. The fraction of sp³-hybridized carbons (Fsp3) is 0.174. The van der Waals surface area contributed by atoms with Crippen LogP contribution in [0.25, 0.3) is 0 Å². The Hall–Kier alpha value is -3.00. The first-order chi connectivity index (χ1) is 14.3. The molecule has 0 saturated heterocycles. The number of methoxy groups -OCH3 is 1. The zero-order valence-corrected chi connectivity index (χ0v) is 17.4. The third kappa shape index (κ3) is 4.14. The molecule has 1 unspecified atom stereocenters. The molecule has 156 valence electrons. The van der Waals surface area contributed by atoms with Crippen molar-refractivity contribution in [1.29, 1.82) is 0 Å². The van der Waals surface area contributed by atoms with Crippen molar-refractivity contribution in [2.24, 2.45) is 0 Å². The molecule has 0 saturated carbocycles.